The monoisotopic (exact) mass is 239 g/mol. The van der Waals surface area contributed by atoms with E-state index in [1.807, 2.05) is 12.1 Å². The molecule has 2 unspecified atom stereocenters. The van der Waals surface area contributed by atoms with Crippen molar-refractivity contribution in [3.63, 3.8) is 0 Å². The molecule has 2 atom stereocenters. The van der Waals surface area contributed by atoms with Gasteiger partial charge in [0.15, 0.2) is 0 Å². The molecule has 4 nitrogen and oxygen atoms in total. The lowest BCUT2D eigenvalue weighted by Crippen LogP contribution is -2.34. The molecule has 0 bridgehead atoms. The van der Waals surface area contributed by atoms with E-state index in [2.05, 4.69) is 10.1 Å². The predicted molar refractivity (Wildman–Crippen MR) is 62.2 cm³/mol. The summed E-state index contributed by atoms with van der Waals surface area (Å²) < 4.78 is 4.68. The molecular formula is C11H13NO3S. The number of benzene rings is 1. The zero-order valence-electron chi connectivity index (χ0n) is 8.84. The van der Waals surface area contributed by atoms with E-state index in [1.165, 1.54) is 7.11 Å². The highest BCUT2D eigenvalue weighted by molar-refractivity contribution is 7.99. The Morgan fingerprint density at radius 3 is 2.81 bits per heavy atom. The van der Waals surface area contributed by atoms with Gasteiger partial charge in [-0.1, -0.05) is 12.1 Å². The number of carbonyl (C=O) groups is 1. The van der Waals surface area contributed by atoms with Crippen molar-refractivity contribution in [1.82, 2.24) is 5.32 Å². The van der Waals surface area contributed by atoms with Crippen LogP contribution in [0.15, 0.2) is 24.3 Å². The van der Waals surface area contributed by atoms with Crippen molar-refractivity contribution >= 4 is 17.7 Å². The number of aromatic hydroxyl groups is 1. The van der Waals surface area contributed by atoms with E-state index in [1.54, 1.807) is 23.9 Å². The summed E-state index contributed by atoms with van der Waals surface area (Å²) in [4.78, 5) is 11.3. The number of hydrogen-bond acceptors (Lipinski definition) is 5. The largest absolute Gasteiger partial charge is 0.508 e. The molecule has 5 heteroatoms. The van der Waals surface area contributed by atoms with E-state index in [-0.39, 0.29) is 23.1 Å². The fraction of sp³-hybridized carbons (Fsp3) is 0.364. The van der Waals surface area contributed by atoms with Gasteiger partial charge in [0.1, 0.15) is 11.8 Å². The van der Waals surface area contributed by atoms with Crippen LogP contribution in [0.3, 0.4) is 0 Å². The fourth-order valence-corrected chi connectivity index (χ4v) is 2.82. The van der Waals surface area contributed by atoms with Crippen molar-refractivity contribution in [2.24, 2.45) is 0 Å². The minimum atomic E-state index is -0.242. The topological polar surface area (TPSA) is 58.6 Å². The Morgan fingerprint density at radius 2 is 2.19 bits per heavy atom. The molecule has 1 heterocycles. The van der Waals surface area contributed by atoms with Crippen molar-refractivity contribution < 1.29 is 14.6 Å². The third kappa shape index (κ3) is 2.31. The minimum absolute atomic E-state index is 0.0877. The second-order valence-corrected chi connectivity index (χ2v) is 4.69. The summed E-state index contributed by atoms with van der Waals surface area (Å²) in [6, 6.07) is 6.74. The van der Waals surface area contributed by atoms with Crippen LogP contribution >= 0.6 is 11.8 Å². The molecule has 1 aliphatic rings. The van der Waals surface area contributed by atoms with E-state index >= 15 is 0 Å². The molecule has 0 amide bonds. The van der Waals surface area contributed by atoms with Crippen LogP contribution in [0.2, 0.25) is 0 Å². The van der Waals surface area contributed by atoms with Crippen LogP contribution in [0, 0.1) is 0 Å². The molecule has 1 saturated heterocycles. The van der Waals surface area contributed by atoms with Crippen molar-refractivity contribution in [2.75, 3.05) is 12.9 Å². The van der Waals surface area contributed by atoms with Crippen LogP contribution in [0.25, 0.3) is 0 Å². The molecule has 2 N–H and O–H groups in total. The lowest BCUT2D eigenvalue weighted by molar-refractivity contribution is -0.142. The lowest BCUT2D eigenvalue weighted by Gasteiger charge is -2.12. The average molecular weight is 239 g/mol. The smallest absolute Gasteiger partial charge is 0.323 e. The van der Waals surface area contributed by atoms with Crippen LogP contribution in [-0.2, 0) is 9.53 Å². The normalized spacial score (nSPS) is 24.3. The van der Waals surface area contributed by atoms with Gasteiger partial charge in [-0.2, -0.15) is 0 Å². The summed E-state index contributed by atoms with van der Waals surface area (Å²) in [7, 11) is 1.39. The van der Waals surface area contributed by atoms with Gasteiger partial charge >= 0.3 is 5.97 Å². The van der Waals surface area contributed by atoms with E-state index in [0.29, 0.717) is 5.75 Å². The third-order valence-corrected chi connectivity index (χ3v) is 3.73. The maximum Gasteiger partial charge on any atom is 0.323 e. The molecular weight excluding hydrogens is 226 g/mol. The minimum Gasteiger partial charge on any atom is -0.508 e. The summed E-state index contributed by atoms with van der Waals surface area (Å²) in [5.41, 5.74) is 1.05. The third-order valence-electron chi connectivity index (χ3n) is 2.46. The lowest BCUT2D eigenvalue weighted by atomic mass is 10.2. The predicted octanol–water partition coefficient (Wildman–Crippen LogP) is 1.27. The Bertz CT molecular complexity index is 379. The second-order valence-electron chi connectivity index (χ2n) is 3.55. The molecule has 0 radical (unpaired) electrons. The number of phenolic OH excluding ortho intramolecular Hbond substituents is 1. The highest BCUT2D eigenvalue weighted by atomic mass is 32.2. The van der Waals surface area contributed by atoms with Gasteiger partial charge in [-0.05, 0) is 17.7 Å². The van der Waals surface area contributed by atoms with Crippen LogP contribution < -0.4 is 5.32 Å². The average Bonchev–Trinajstić information content (AvgIpc) is 2.78. The van der Waals surface area contributed by atoms with Crippen molar-refractivity contribution in [3.8, 4) is 5.75 Å². The molecule has 0 aliphatic carbocycles. The van der Waals surface area contributed by atoms with Gasteiger partial charge in [-0.25, -0.2) is 0 Å². The molecule has 1 fully saturated rings. The van der Waals surface area contributed by atoms with Crippen molar-refractivity contribution in [3.05, 3.63) is 29.8 Å². The Labute approximate surface area is 98.0 Å². The Morgan fingerprint density at radius 1 is 1.50 bits per heavy atom. The SMILES string of the molecule is COC(=O)C1CSC(c2ccc(O)cc2)N1. The maximum absolute atomic E-state index is 11.3. The molecule has 86 valence electrons. The molecule has 1 aliphatic heterocycles. The van der Waals surface area contributed by atoms with Crippen LogP contribution in [0.4, 0.5) is 0 Å². The number of nitrogens with one attached hydrogen (secondary N) is 1. The Kier molecular flexibility index (Phi) is 3.36. The van der Waals surface area contributed by atoms with E-state index in [0.717, 1.165) is 5.56 Å². The van der Waals surface area contributed by atoms with Gasteiger partial charge in [-0.15, -0.1) is 11.8 Å². The quantitative estimate of drug-likeness (QED) is 0.761. The summed E-state index contributed by atoms with van der Waals surface area (Å²) in [6.07, 6.45) is 0. The summed E-state index contributed by atoms with van der Waals surface area (Å²) >= 11 is 1.66. The first-order valence-corrected chi connectivity index (χ1v) is 6.00. The number of ether oxygens (including phenoxy) is 1. The van der Waals surface area contributed by atoms with Gasteiger partial charge in [-0.3, -0.25) is 10.1 Å². The first-order chi connectivity index (χ1) is 7.70. The molecule has 1 aromatic rings. The van der Waals surface area contributed by atoms with Gasteiger partial charge in [0.2, 0.25) is 0 Å². The molecule has 1 aromatic carbocycles. The maximum atomic E-state index is 11.3. The first kappa shape index (κ1) is 11.3. The molecule has 16 heavy (non-hydrogen) atoms. The summed E-state index contributed by atoms with van der Waals surface area (Å²) in [5.74, 6) is 0.725. The number of phenols is 1. The van der Waals surface area contributed by atoms with Crippen LogP contribution in [0.5, 0.6) is 5.75 Å². The van der Waals surface area contributed by atoms with Gasteiger partial charge < -0.3 is 9.84 Å². The van der Waals surface area contributed by atoms with E-state index in [9.17, 15) is 9.90 Å². The number of carbonyl (C=O) groups excluding carboxylic acids is 1. The van der Waals surface area contributed by atoms with E-state index < -0.39 is 0 Å². The molecule has 2 rings (SSSR count). The van der Waals surface area contributed by atoms with E-state index in [4.69, 9.17) is 0 Å². The Balaban J connectivity index is 2.03. The van der Waals surface area contributed by atoms with Gasteiger partial charge in [0.05, 0.1) is 12.5 Å². The van der Waals surface area contributed by atoms with Crippen LogP contribution in [-0.4, -0.2) is 30.0 Å². The molecule has 0 spiro atoms. The number of hydrogen-bond donors (Lipinski definition) is 2. The van der Waals surface area contributed by atoms with Crippen LogP contribution in [0.1, 0.15) is 10.9 Å². The summed E-state index contributed by atoms with van der Waals surface area (Å²) in [5, 5.41) is 12.4. The highest BCUT2D eigenvalue weighted by Gasteiger charge is 2.30. The Hall–Kier alpha value is -1.20. The molecule has 0 aromatic heterocycles. The summed E-state index contributed by atoms with van der Waals surface area (Å²) in [6.45, 7) is 0. The number of methoxy groups -OCH3 is 1. The highest BCUT2D eigenvalue weighted by Crippen LogP contribution is 2.33. The molecule has 0 saturated carbocycles. The van der Waals surface area contributed by atoms with Crippen molar-refractivity contribution in [1.29, 1.82) is 0 Å². The second kappa shape index (κ2) is 4.76. The van der Waals surface area contributed by atoms with Crippen molar-refractivity contribution in [2.45, 2.75) is 11.4 Å². The van der Waals surface area contributed by atoms with Gasteiger partial charge in [0, 0.05) is 5.75 Å². The zero-order valence-corrected chi connectivity index (χ0v) is 9.66. The number of rotatable bonds is 2. The number of thioether (sulfide) groups is 1. The zero-order chi connectivity index (χ0) is 11.5. The number of esters is 1. The fourth-order valence-electron chi connectivity index (χ4n) is 1.59. The van der Waals surface area contributed by atoms with Gasteiger partial charge in [0.25, 0.3) is 0 Å². The first-order valence-electron chi connectivity index (χ1n) is 4.95. The standard InChI is InChI=1S/C11H13NO3S/c1-15-11(14)9-6-16-10(12-9)7-2-4-8(13)5-3-7/h2-5,9-10,12-13H,6H2,1H3.